The molecular formula is C18H32BN3O5. The van der Waals surface area contributed by atoms with Crippen molar-refractivity contribution in [2.45, 2.75) is 65.3 Å². The van der Waals surface area contributed by atoms with Crippen LogP contribution >= 0.6 is 0 Å². The van der Waals surface area contributed by atoms with E-state index in [1.54, 1.807) is 25.0 Å². The number of amides is 1. The fourth-order valence-electron chi connectivity index (χ4n) is 2.46. The van der Waals surface area contributed by atoms with Crippen molar-refractivity contribution >= 4 is 18.7 Å². The van der Waals surface area contributed by atoms with Crippen LogP contribution in [-0.4, -0.2) is 64.9 Å². The summed E-state index contributed by atoms with van der Waals surface area (Å²) in [6.07, 6.45) is 1.30. The van der Waals surface area contributed by atoms with Crippen molar-refractivity contribution in [1.82, 2.24) is 14.7 Å². The molecule has 8 nitrogen and oxygen atoms in total. The Bertz CT molecular complexity index is 665. The Hall–Kier alpha value is -1.74. The standard InChI is InChI=1S/C18H32BN3O5/c1-16(2,3)25-15(23)21(8)10-11-24-14-13(12-20-22(14)9)19-26-17(4,5)18(6,7)27-19/h12H,10-11H2,1-9H3. The zero-order valence-electron chi connectivity index (χ0n) is 18.0. The smallest absolute Gasteiger partial charge is 0.476 e. The van der Waals surface area contributed by atoms with Crippen molar-refractivity contribution in [3.05, 3.63) is 6.20 Å². The predicted octanol–water partition coefficient (Wildman–Crippen LogP) is 1.96. The fourth-order valence-corrected chi connectivity index (χ4v) is 2.46. The Balaban J connectivity index is 1.99. The minimum Gasteiger partial charge on any atom is -0.476 e. The van der Waals surface area contributed by atoms with E-state index in [0.717, 1.165) is 5.46 Å². The lowest BCUT2D eigenvalue weighted by Crippen LogP contribution is -2.41. The van der Waals surface area contributed by atoms with Crippen LogP contribution in [0.25, 0.3) is 0 Å². The van der Waals surface area contributed by atoms with E-state index in [2.05, 4.69) is 5.10 Å². The molecule has 1 aliphatic heterocycles. The number of hydrogen-bond acceptors (Lipinski definition) is 6. The molecule has 0 aliphatic carbocycles. The van der Waals surface area contributed by atoms with Crippen molar-refractivity contribution in [2.24, 2.45) is 7.05 Å². The molecule has 0 spiro atoms. The molecule has 1 fully saturated rings. The summed E-state index contributed by atoms with van der Waals surface area (Å²) in [5, 5.41) is 4.26. The molecule has 2 rings (SSSR count). The number of carbonyl (C=O) groups is 1. The number of carbonyl (C=O) groups excluding carboxylic acids is 1. The van der Waals surface area contributed by atoms with Gasteiger partial charge in [-0.2, -0.15) is 5.10 Å². The molecule has 0 atom stereocenters. The molecule has 1 aliphatic rings. The zero-order chi connectivity index (χ0) is 20.6. The maximum Gasteiger partial charge on any atom is 0.502 e. The molecule has 152 valence electrons. The van der Waals surface area contributed by atoms with Crippen LogP contribution in [0.4, 0.5) is 4.79 Å². The molecule has 0 saturated carbocycles. The highest BCUT2D eigenvalue weighted by Crippen LogP contribution is 2.37. The number of hydrogen-bond donors (Lipinski definition) is 0. The number of rotatable bonds is 5. The second kappa shape index (κ2) is 7.35. The molecule has 0 N–H and O–H groups in total. The molecular weight excluding hydrogens is 349 g/mol. The summed E-state index contributed by atoms with van der Waals surface area (Å²) in [6, 6.07) is 0. The van der Waals surface area contributed by atoms with E-state index < -0.39 is 23.9 Å². The molecule has 0 unspecified atom stereocenters. The minimum atomic E-state index is -0.553. The van der Waals surface area contributed by atoms with Crippen LogP contribution < -0.4 is 10.2 Å². The van der Waals surface area contributed by atoms with Gasteiger partial charge in [0, 0.05) is 14.1 Å². The molecule has 1 aromatic heterocycles. The predicted molar refractivity (Wildman–Crippen MR) is 103 cm³/mol. The van der Waals surface area contributed by atoms with Crippen molar-refractivity contribution in [3.63, 3.8) is 0 Å². The molecule has 0 aromatic carbocycles. The third kappa shape index (κ3) is 4.96. The van der Waals surface area contributed by atoms with Gasteiger partial charge in [0.05, 0.1) is 29.4 Å². The Morgan fingerprint density at radius 2 is 1.81 bits per heavy atom. The highest BCUT2D eigenvalue weighted by Gasteiger charge is 2.53. The minimum absolute atomic E-state index is 0.293. The number of likely N-dealkylation sites (N-methyl/N-ethyl adjacent to an activating group) is 1. The van der Waals surface area contributed by atoms with Gasteiger partial charge in [-0.25, -0.2) is 9.48 Å². The lowest BCUT2D eigenvalue weighted by Gasteiger charge is -2.32. The van der Waals surface area contributed by atoms with E-state index >= 15 is 0 Å². The molecule has 1 aromatic rings. The average Bonchev–Trinajstić information content (AvgIpc) is 2.94. The number of aromatic nitrogens is 2. The molecule has 2 heterocycles. The highest BCUT2D eigenvalue weighted by molar-refractivity contribution is 6.63. The van der Waals surface area contributed by atoms with Gasteiger partial charge in [-0.05, 0) is 48.5 Å². The van der Waals surface area contributed by atoms with Gasteiger partial charge in [0.1, 0.15) is 12.2 Å². The van der Waals surface area contributed by atoms with Gasteiger partial charge in [-0.15, -0.1) is 0 Å². The van der Waals surface area contributed by atoms with Gasteiger partial charge in [-0.3, -0.25) is 0 Å². The van der Waals surface area contributed by atoms with Gasteiger partial charge < -0.3 is 23.7 Å². The highest BCUT2D eigenvalue weighted by atomic mass is 16.7. The van der Waals surface area contributed by atoms with Gasteiger partial charge in [0.2, 0.25) is 5.88 Å². The van der Waals surface area contributed by atoms with Gasteiger partial charge >= 0.3 is 13.2 Å². The molecule has 9 heteroatoms. The van der Waals surface area contributed by atoms with Gasteiger partial charge in [0.25, 0.3) is 0 Å². The first-order valence-electron chi connectivity index (χ1n) is 9.18. The molecule has 0 radical (unpaired) electrons. The summed E-state index contributed by atoms with van der Waals surface area (Å²) in [4.78, 5) is 13.5. The summed E-state index contributed by atoms with van der Waals surface area (Å²) >= 11 is 0. The maximum absolute atomic E-state index is 12.0. The Morgan fingerprint density at radius 1 is 1.26 bits per heavy atom. The van der Waals surface area contributed by atoms with Crippen molar-refractivity contribution in [3.8, 4) is 5.88 Å². The SMILES string of the molecule is CN(CCOc1c(B2OC(C)(C)C(C)(C)O2)cnn1C)C(=O)OC(C)(C)C. The largest absolute Gasteiger partial charge is 0.502 e. The monoisotopic (exact) mass is 381 g/mol. The normalized spacial score (nSPS) is 18.5. The number of nitrogens with zero attached hydrogens (tertiary/aromatic N) is 3. The summed E-state index contributed by atoms with van der Waals surface area (Å²) in [7, 11) is 2.92. The van der Waals surface area contributed by atoms with E-state index in [1.165, 1.54) is 4.90 Å². The van der Waals surface area contributed by atoms with E-state index in [1.807, 2.05) is 48.5 Å². The first-order chi connectivity index (χ1) is 12.2. The second-order valence-electron chi connectivity index (χ2n) is 8.87. The third-order valence-corrected chi connectivity index (χ3v) is 4.79. The topological polar surface area (TPSA) is 75.1 Å². The Morgan fingerprint density at radius 3 is 2.33 bits per heavy atom. The first-order valence-corrected chi connectivity index (χ1v) is 9.18. The lowest BCUT2D eigenvalue weighted by atomic mass is 9.81. The van der Waals surface area contributed by atoms with Crippen molar-refractivity contribution < 1.29 is 23.6 Å². The average molecular weight is 381 g/mol. The van der Waals surface area contributed by atoms with Gasteiger partial charge in [0.15, 0.2) is 0 Å². The zero-order valence-corrected chi connectivity index (χ0v) is 18.0. The Kier molecular flexibility index (Phi) is 5.87. The van der Waals surface area contributed by atoms with Crippen LogP contribution in [0.15, 0.2) is 6.20 Å². The number of aryl methyl sites for hydroxylation is 1. The van der Waals surface area contributed by atoms with Crippen LogP contribution in [0.1, 0.15) is 48.5 Å². The quantitative estimate of drug-likeness (QED) is 0.726. The van der Waals surface area contributed by atoms with Crippen LogP contribution in [0.5, 0.6) is 5.88 Å². The lowest BCUT2D eigenvalue weighted by molar-refractivity contribution is 0.00578. The summed E-state index contributed by atoms with van der Waals surface area (Å²) in [5.74, 6) is 0.561. The molecule has 1 saturated heterocycles. The van der Waals surface area contributed by atoms with Crippen molar-refractivity contribution in [1.29, 1.82) is 0 Å². The molecule has 27 heavy (non-hydrogen) atoms. The fraction of sp³-hybridized carbons (Fsp3) is 0.778. The maximum atomic E-state index is 12.0. The van der Waals surface area contributed by atoms with E-state index in [-0.39, 0.29) is 6.09 Å². The van der Waals surface area contributed by atoms with Crippen LogP contribution in [0.3, 0.4) is 0 Å². The molecule has 1 amide bonds. The summed E-state index contributed by atoms with van der Waals surface area (Å²) < 4.78 is 25.0. The molecule has 0 bridgehead atoms. The van der Waals surface area contributed by atoms with E-state index in [9.17, 15) is 4.79 Å². The van der Waals surface area contributed by atoms with Crippen LogP contribution in [-0.2, 0) is 21.1 Å². The van der Waals surface area contributed by atoms with Crippen molar-refractivity contribution in [2.75, 3.05) is 20.2 Å². The van der Waals surface area contributed by atoms with Gasteiger partial charge in [-0.1, -0.05) is 0 Å². The van der Waals surface area contributed by atoms with E-state index in [0.29, 0.717) is 19.0 Å². The van der Waals surface area contributed by atoms with Crippen LogP contribution in [0.2, 0.25) is 0 Å². The Labute approximate surface area is 162 Å². The first kappa shape index (κ1) is 21.6. The second-order valence-corrected chi connectivity index (χ2v) is 8.87. The third-order valence-electron chi connectivity index (χ3n) is 4.79. The summed E-state index contributed by atoms with van der Waals surface area (Å²) in [5.41, 5.74) is -0.683. The number of ether oxygens (including phenoxy) is 2. The summed E-state index contributed by atoms with van der Waals surface area (Å²) in [6.45, 7) is 14.2. The van der Waals surface area contributed by atoms with Crippen LogP contribution in [0, 0.1) is 0 Å². The van der Waals surface area contributed by atoms with E-state index in [4.69, 9.17) is 18.8 Å².